The highest BCUT2D eigenvalue weighted by atomic mass is 16.5. The summed E-state index contributed by atoms with van der Waals surface area (Å²) in [4.78, 5) is 10.9. The highest BCUT2D eigenvalue weighted by Crippen LogP contribution is 2.23. The van der Waals surface area contributed by atoms with E-state index < -0.39 is 11.4 Å². The SMILES string of the molecule is CC(C)(C)CCOCCCCC(C)(C)C(=O)O. The number of hydrogen-bond acceptors (Lipinski definition) is 2. The Morgan fingerprint density at radius 1 is 1.00 bits per heavy atom. The van der Waals surface area contributed by atoms with Crippen LogP contribution in [0.2, 0.25) is 0 Å². The molecule has 0 heterocycles. The van der Waals surface area contributed by atoms with Crippen LogP contribution in [0.3, 0.4) is 0 Å². The number of aliphatic carboxylic acids is 1. The molecule has 0 bridgehead atoms. The van der Waals surface area contributed by atoms with Gasteiger partial charge in [0.2, 0.25) is 0 Å². The summed E-state index contributed by atoms with van der Waals surface area (Å²) in [5.41, 5.74) is -0.281. The van der Waals surface area contributed by atoms with Gasteiger partial charge in [-0.05, 0) is 38.5 Å². The van der Waals surface area contributed by atoms with Crippen molar-refractivity contribution in [3.63, 3.8) is 0 Å². The first kappa shape index (κ1) is 16.4. The van der Waals surface area contributed by atoms with E-state index in [1.807, 2.05) is 0 Å². The van der Waals surface area contributed by atoms with Crippen LogP contribution in [-0.2, 0) is 9.53 Å². The van der Waals surface area contributed by atoms with Crippen molar-refractivity contribution >= 4 is 5.97 Å². The minimum atomic E-state index is -0.717. The van der Waals surface area contributed by atoms with E-state index in [0.29, 0.717) is 11.8 Å². The number of hydrogen-bond donors (Lipinski definition) is 1. The molecule has 0 saturated carbocycles. The summed E-state index contributed by atoms with van der Waals surface area (Å²) in [6.07, 6.45) is 3.63. The molecule has 0 aromatic carbocycles. The molecule has 1 N–H and O–H groups in total. The van der Waals surface area contributed by atoms with Crippen LogP contribution in [0.1, 0.15) is 60.3 Å². The van der Waals surface area contributed by atoms with E-state index in [4.69, 9.17) is 9.84 Å². The summed E-state index contributed by atoms with van der Waals surface area (Å²) in [6.45, 7) is 11.7. The van der Waals surface area contributed by atoms with Crippen LogP contribution in [0.5, 0.6) is 0 Å². The quantitative estimate of drug-likeness (QED) is 0.662. The van der Waals surface area contributed by atoms with Crippen LogP contribution in [0.15, 0.2) is 0 Å². The van der Waals surface area contributed by atoms with Gasteiger partial charge in [0, 0.05) is 13.2 Å². The Kier molecular flexibility index (Phi) is 6.76. The Hall–Kier alpha value is -0.570. The summed E-state index contributed by atoms with van der Waals surface area (Å²) in [6, 6.07) is 0. The lowest BCUT2D eigenvalue weighted by atomic mass is 9.87. The van der Waals surface area contributed by atoms with Gasteiger partial charge in [-0.15, -0.1) is 0 Å². The normalized spacial score (nSPS) is 12.8. The van der Waals surface area contributed by atoms with E-state index in [2.05, 4.69) is 20.8 Å². The fourth-order valence-corrected chi connectivity index (χ4v) is 1.36. The fraction of sp³-hybridized carbons (Fsp3) is 0.929. The second kappa shape index (κ2) is 7.00. The lowest BCUT2D eigenvalue weighted by Gasteiger charge is -2.19. The first-order chi connectivity index (χ1) is 7.65. The molecule has 3 nitrogen and oxygen atoms in total. The molecule has 0 aliphatic heterocycles. The third-order valence-electron chi connectivity index (χ3n) is 2.92. The third kappa shape index (κ3) is 9.16. The monoisotopic (exact) mass is 244 g/mol. The van der Waals surface area contributed by atoms with Gasteiger partial charge in [-0.3, -0.25) is 4.79 Å². The van der Waals surface area contributed by atoms with Crippen molar-refractivity contribution in [3.05, 3.63) is 0 Å². The Morgan fingerprint density at radius 3 is 2.06 bits per heavy atom. The smallest absolute Gasteiger partial charge is 0.309 e. The van der Waals surface area contributed by atoms with Crippen LogP contribution in [0, 0.1) is 10.8 Å². The Morgan fingerprint density at radius 2 is 1.59 bits per heavy atom. The molecular formula is C14H28O3. The minimum Gasteiger partial charge on any atom is -0.481 e. The first-order valence-electron chi connectivity index (χ1n) is 6.46. The van der Waals surface area contributed by atoms with Gasteiger partial charge < -0.3 is 9.84 Å². The minimum absolute atomic E-state index is 0.325. The number of ether oxygens (including phenoxy) is 1. The molecule has 0 aliphatic carbocycles. The Bertz CT molecular complexity index is 226. The number of unbranched alkanes of at least 4 members (excludes halogenated alkanes) is 1. The van der Waals surface area contributed by atoms with Crippen molar-refractivity contribution in [1.82, 2.24) is 0 Å². The van der Waals surface area contributed by atoms with E-state index in [9.17, 15) is 4.79 Å². The van der Waals surface area contributed by atoms with Crippen molar-refractivity contribution in [1.29, 1.82) is 0 Å². The predicted octanol–water partition coefficient (Wildman–Crippen LogP) is 3.72. The van der Waals surface area contributed by atoms with Crippen molar-refractivity contribution < 1.29 is 14.6 Å². The number of carboxylic acids is 1. The summed E-state index contributed by atoms with van der Waals surface area (Å²) in [5.74, 6) is -0.717. The van der Waals surface area contributed by atoms with Gasteiger partial charge in [0.25, 0.3) is 0 Å². The fourth-order valence-electron chi connectivity index (χ4n) is 1.36. The molecule has 0 unspecified atom stereocenters. The molecule has 3 heteroatoms. The topological polar surface area (TPSA) is 46.5 Å². The zero-order chi connectivity index (χ0) is 13.5. The second-order valence-corrected chi connectivity index (χ2v) is 6.57. The van der Waals surface area contributed by atoms with Crippen LogP contribution < -0.4 is 0 Å². The average Bonchev–Trinajstić information content (AvgIpc) is 2.14. The average molecular weight is 244 g/mol. The predicted molar refractivity (Wildman–Crippen MR) is 70.2 cm³/mol. The van der Waals surface area contributed by atoms with Crippen LogP contribution >= 0.6 is 0 Å². The van der Waals surface area contributed by atoms with Gasteiger partial charge in [0.1, 0.15) is 0 Å². The maximum Gasteiger partial charge on any atom is 0.309 e. The van der Waals surface area contributed by atoms with E-state index in [1.54, 1.807) is 13.8 Å². The molecule has 0 aromatic heterocycles. The maximum absolute atomic E-state index is 10.9. The molecule has 0 atom stereocenters. The highest BCUT2D eigenvalue weighted by molar-refractivity contribution is 5.73. The van der Waals surface area contributed by atoms with Gasteiger partial charge in [0.05, 0.1) is 5.41 Å². The molecule has 0 spiro atoms. The summed E-state index contributed by atoms with van der Waals surface area (Å²) >= 11 is 0. The molecule has 0 saturated heterocycles. The van der Waals surface area contributed by atoms with Crippen LogP contribution in [0.4, 0.5) is 0 Å². The number of rotatable bonds is 8. The van der Waals surface area contributed by atoms with Crippen molar-refractivity contribution in [2.24, 2.45) is 10.8 Å². The van der Waals surface area contributed by atoms with Gasteiger partial charge in [0.15, 0.2) is 0 Å². The summed E-state index contributed by atoms with van der Waals surface area (Å²) in [5, 5.41) is 8.94. The Labute approximate surface area is 106 Å². The molecular weight excluding hydrogens is 216 g/mol. The Balaban J connectivity index is 3.45. The maximum atomic E-state index is 10.9. The second-order valence-electron chi connectivity index (χ2n) is 6.57. The number of carboxylic acid groups (broad SMARTS) is 1. The molecule has 102 valence electrons. The number of carbonyl (C=O) groups is 1. The molecule has 17 heavy (non-hydrogen) atoms. The summed E-state index contributed by atoms with van der Waals surface area (Å²) < 4.78 is 5.54. The van der Waals surface area contributed by atoms with Gasteiger partial charge in [-0.2, -0.15) is 0 Å². The van der Waals surface area contributed by atoms with Crippen molar-refractivity contribution in [2.45, 2.75) is 60.3 Å². The van der Waals surface area contributed by atoms with Gasteiger partial charge >= 0.3 is 5.97 Å². The van der Waals surface area contributed by atoms with E-state index >= 15 is 0 Å². The lowest BCUT2D eigenvalue weighted by Crippen LogP contribution is -2.23. The highest BCUT2D eigenvalue weighted by Gasteiger charge is 2.25. The van der Waals surface area contributed by atoms with Crippen LogP contribution in [0.25, 0.3) is 0 Å². The molecule has 0 radical (unpaired) electrons. The molecule has 0 fully saturated rings. The largest absolute Gasteiger partial charge is 0.481 e. The molecule has 0 amide bonds. The molecule has 0 aromatic rings. The van der Waals surface area contributed by atoms with E-state index in [0.717, 1.165) is 32.5 Å². The first-order valence-corrected chi connectivity index (χ1v) is 6.46. The van der Waals surface area contributed by atoms with Gasteiger partial charge in [-0.1, -0.05) is 27.2 Å². The zero-order valence-electron chi connectivity index (χ0n) is 12.0. The third-order valence-corrected chi connectivity index (χ3v) is 2.92. The summed E-state index contributed by atoms with van der Waals surface area (Å²) in [7, 11) is 0. The van der Waals surface area contributed by atoms with E-state index in [1.165, 1.54) is 0 Å². The molecule has 0 aliphatic rings. The van der Waals surface area contributed by atoms with Gasteiger partial charge in [-0.25, -0.2) is 0 Å². The standard InChI is InChI=1S/C14H28O3/c1-13(2,3)9-11-17-10-7-6-8-14(4,5)12(15)16/h6-11H2,1-5H3,(H,15,16). The zero-order valence-corrected chi connectivity index (χ0v) is 12.0. The lowest BCUT2D eigenvalue weighted by molar-refractivity contribution is -0.147. The van der Waals surface area contributed by atoms with Crippen LogP contribution in [-0.4, -0.2) is 24.3 Å². The molecule has 0 rings (SSSR count). The van der Waals surface area contributed by atoms with Crippen molar-refractivity contribution in [3.8, 4) is 0 Å². The van der Waals surface area contributed by atoms with Crippen molar-refractivity contribution in [2.75, 3.05) is 13.2 Å². The van der Waals surface area contributed by atoms with E-state index in [-0.39, 0.29) is 0 Å².